The molecular formula is C11H8N2O. The Morgan fingerprint density at radius 2 is 2.07 bits per heavy atom. The summed E-state index contributed by atoms with van der Waals surface area (Å²) in [5.74, 6) is 0.0741. The number of carbonyl (C=O) groups is 1. The maximum atomic E-state index is 11.8. The van der Waals surface area contributed by atoms with Gasteiger partial charge in [-0.3, -0.25) is 4.79 Å². The summed E-state index contributed by atoms with van der Waals surface area (Å²) >= 11 is 0. The first-order valence-corrected chi connectivity index (χ1v) is 4.39. The van der Waals surface area contributed by atoms with Gasteiger partial charge < -0.3 is 10.3 Å². The highest BCUT2D eigenvalue weighted by Gasteiger charge is 2.25. The van der Waals surface area contributed by atoms with E-state index in [1.807, 2.05) is 29.0 Å². The number of rotatable bonds is 0. The molecule has 3 rings (SSSR count). The van der Waals surface area contributed by atoms with Crippen LogP contribution in [0.4, 0.5) is 5.69 Å². The van der Waals surface area contributed by atoms with E-state index >= 15 is 0 Å². The van der Waals surface area contributed by atoms with E-state index in [2.05, 4.69) is 0 Å². The summed E-state index contributed by atoms with van der Waals surface area (Å²) in [6, 6.07) is 9.03. The second-order valence-corrected chi connectivity index (χ2v) is 3.37. The number of nitrogens with zero attached hydrogens (tertiary/aromatic N) is 1. The van der Waals surface area contributed by atoms with Crippen LogP contribution in [0, 0.1) is 0 Å². The Morgan fingerprint density at radius 3 is 2.93 bits per heavy atom. The van der Waals surface area contributed by atoms with Crippen molar-refractivity contribution in [3.8, 4) is 5.69 Å². The number of hydrogen-bond acceptors (Lipinski definition) is 2. The van der Waals surface area contributed by atoms with E-state index in [4.69, 9.17) is 5.73 Å². The van der Waals surface area contributed by atoms with Crippen LogP contribution in [-0.4, -0.2) is 10.4 Å². The molecule has 2 aromatic rings. The molecule has 2 N–H and O–H groups in total. The lowest BCUT2D eigenvalue weighted by molar-refractivity contribution is 0.104. The maximum Gasteiger partial charge on any atom is 0.211 e. The first-order chi connectivity index (χ1) is 6.77. The fourth-order valence-corrected chi connectivity index (χ4v) is 1.85. The van der Waals surface area contributed by atoms with Crippen LogP contribution < -0.4 is 5.73 Å². The average molecular weight is 184 g/mol. The number of nitrogen functional groups attached to an aromatic ring is 1. The van der Waals surface area contributed by atoms with Crippen molar-refractivity contribution in [2.24, 2.45) is 0 Å². The number of anilines is 1. The molecule has 3 nitrogen and oxygen atoms in total. The van der Waals surface area contributed by atoms with Crippen molar-refractivity contribution >= 4 is 11.5 Å². The van der Waals surface area contributed by atoms with Gasteiger partial charge in [0.1, 0.15) is 0 Å². The van der Waals surface area contributed by atoms with E-state index in [1.165, 1.54) is 0 Å². The van der Waals surface area contributed by atoms with Gasteiger partial charge in [-0.15, -0.1) is 0 Å². The van der Waals surface area contributed by atoms with E-state index in [9.17, 15) is 4.79 Å². The Hall–Kier alpha value is -2.03. The molecule has 0 radical (unpaired) electrons. The Labute approximate surface area is 80.8 Å². The topological polar surface area (TPSA) is 48.0 Å². The van der Waals surface area contributed by atoms with Crippen LogP contribution in [0.5, 0.6) is 0 Å². The van der Waals surface area contributed by atoms with Crippen molar-refractivity contribution in [2.75, 3.05) is 5.73 Å². The van der Waals surface area contributed by atoms with Crippen LogP contribution in [0.2, 0.25) is 0 Å². The zero-order chi connectivity index (χ0) is 9.71. The minimum absolute atomic E-state index is 0.0741. The van der Waals surface area contributed by atoms with Crippen LogP contribution in [0.1, 0.15) is 16.1 Å². The van der Waals surface area contributed by atoms with Crippen LogP contribution >= 0.6 is 0 Å². The summed E-state index contributed by atoms with van der Waals surface area (Å²) in [6.07, 6.45) is 1.87. The molecular weight excluding hydrogens is 176 g/mol. The van der Waals surface area contributed by atoms with Crippen molar-refractivity contribution in [3.63, 3.8) is 0 Å². The summed E-state index contributed by atoms with van der Waals surface area (Å²) in [6.45, 7) is 0. The van der Waals surface area contributed by atoms with Gasteiger partial charge in [-0.05, 0) is 30.3 Å². The number of benzene rings is 1. The summed E-state index contributed by atoms with van der Waals surface area (Å²) in [4.78, 5) is 11.8. The summed E-state index contributed by atoms with van der Waals surface area (Å²) in [5, 5.41) is 0. The average Bonchev–Trinajstić information content (AvgIpc) is 2.71. The first-order valence-electron chi connectivity index (χ1n) is 4.39. The molecule has 0 atom stereocenters. The van der Waals surface area contributed by atoms with Crippen LogP contribution in [0.3, 0.4) is 0 Å². The van der Waals surface area contributed by atoms with Gasteiger partial charge in [0, 0.05) is 17.4 Å². The summed E-state index contributed by atoms with van der Waals surface area (Å²) in [5.41, 5.74) is 8.69. The molecule has 3 heteroatoms. The monoisotopic (exact) mass is 184 g/mol. The largest absolute Gasteiger partial charge is 0.399 e. The van der Waals surface area contributed by atoms with E-state index in [0.29, 0.717) is 11.4 Å². The predicted octanol–water partition coefficient (Wildman–Crippen LogP) is 1.60. The molecule has 1 aliphatic rings. The molecule has 1 aromatic carbocycles. The van der Waals surface area contributed by atoms with E-state index in [1.54, 1.807) is 12.1 Å². The van der Waals surface area contributed by atoms with Gasteiger partial charge in [-0.2, -0.15) is 0 Å². The number of ketones is 1. The lowest BCUT2D eigenvalue weighted by Crippen LogP contribution is -1.94. The van der Waals surface area contributed by atoms with Crippen molar-refractivity contribution in [3.05, 3.63) is 47.8 Å². The maximum absolute atomic E-state index is 11.8. The minimum Gasteiger partial charge on any atom is -0.399 e. The quantitative estimate of drug-likeness (QED) is 0.539. The molecule has 0 amide bonds. The molecule has 1 aromatic heterocycles. The number of carbonyl (C=O) groups excluding carboxylic acids is 1. The highest BCUT2D eigenvalue weighted by Crippen LogP contribution is 2.29. The van der Waals surface area contributed by atoms with E-state index < -0.39 is 0 Å². The third-order valence-corrected chi connectivity index (χ3v) is 2.51. The van der Waals surface area contributed by atoms with Crippen molar-refractivity contribution in [2.45, 2.75) is 0 Å². The molecule has 1 aliphatic heterocycles. The van der Waals surface area contributed by atoms with Crippen LogP contribution in [-0.2, 0) is 0 Å². The van der Waals surface area contributed by atoms with Gasteiger partial charge in [0.25, 0.3) is 0 Å². The van der Waals surface area contributed by atoms with Gasteiger partial charge in [-0.25, -0.2) is 0 Å². The fraction of sp³-hybridized carbons (Fsp3) is 0. The highest BCUT2D eigenvalue weighted by atomic mass is 16.1. The molecule has 0 saturated carbocycles. The van der Waals surface area contributed by atoms with Gasteiger partial charge in [-0.1, -0.05) is 0 Å². The third-order valence-electron chi connectivity index (χ3n) is 2.51. The normalized spacial score (nSPS) is 12.7. The summed E-state index contributed by atoms with van der Waals surface area (Å²) in [7, 11) is 0. The smallest absolute Gasteiger partial charge is 0.211 e. The number of fused-ring (bicyclic) bond motifs is 3. The Kier molecular flexibility index (Phi) is 1.19. The first kappa shape index (κ1) is 7.38. The Balaban J connectivity index is 2.40. The number of hydrogen-bond donors (Lipinski definition) is 1. The Bertz CT molecular complexity index is 540. The standard InChI is InChI=1S/C11H8N2O/c12-7-3-4-8-10(6-7)13-5-1-2-9(13)11(8)14/h1-6H,12H2. The SMILES string of the molecule is Nc1ccc2c(c1)-n1cccc1C2=O. The van der Waals surface area contributed by atoms with Crippen LogP contribution in [0.25, 0.3) is 5.69 Å². The molecule has 0 bridgehead atoms. The molecule has 0 spiro atoms. The number of aromatic nitrogens is 1. The lowest BCUT2D eigenvalue weighted by Gasteiger charge is -2.01. The van der Waals surface area contributed by atoms with Gasteiger partial charge in [0.2, 0.25) is 5.78 Å². The second kappa shape index (κ2) is 2.26. The summed E-state index contributed by atoms with van der Waals surface area (Å²) < 4.78 is 1.87. The van der Waals surface area contributed by atoms with Gasteiger partial charge in [0.15, 0.2) is 0 Å². The predicted molar refractivity (Wildman–Crippen MR) is 53.6 cm³/mol. The zero-order valence-corrected chi connectivity index (χ0v) is 7.40. The molecule has 0 fully saturated rings. The number of nitrogens with two attached hydrogens (primary N) is 1. The van der Waals surface area contributed by atoms with Crippen molar-refractivity contribution in [1.82, 2.24) is 4.57 Å². The minimum atomic E-state index is 0.0741. The van der Waals surface area contributed by atoms with Gasteiger partial charge >= 0.3 is 0 Å². The highest BCUT2D eigenvalue weighted by molar-refractivity contribution is 6.14. The molecule has 0 aliphatic carbocycles. The Morgan fingerprint density at radius 1 is 1.21 bits per heavy atom. The van der Waals surface area contributed by atoms with Crippen molar-refractivity contribution in [1.29, 1.82) is 0 Å². The van der Waals surface area contributed by atoms with Gasteiger partial charge in [0.05, 0.1) is 11.4 Å². The third kappa shape index (κ3) is 0.738. The molecule has 0 unspecified atom stereocenters. The zero-order valence-electron chi connectivity index (χ0n) is 7.40. The molecule has 2 heterocycles. The second-order valence-electron chi connectivity index (χ2n) is 3.37. The molecule has 68 valence electrons. The van der Waals surface area contributed by atoms with E-state index in [0.717, 1.165) is 11.3 Å². The van der Waals surface area contributed by atoms with Crippen molar-refractivity contribution < 1.29 is 4.79 Å². The fourth-order valence-electron chi connectivity index (χ4n) is 1.85. The molecule has 0 saturated heterocycles. The lowest BCUT2D eigenvalue weighted by atomic mass is 10.1. The van der Waals surface area contributed by atoms with Crippen LogP contribution in [0.15, 0.2) is 36.5 Å². The molecule has 14 heavy (non-hydrogen) atoms. The van der Waals surface area contributed by atoms with E-state index in [-0.39, 0.29) is 5.78 Å².